The zero-order valence-corrected chi connectivity index (χ0v) is 16.2. The first kappa shape index (κ1) is 19.7. The van der Waals surface area contributed by atoms with E-state index in [4.69, 9.17) is 0 Å². The van der Waals surface area contributed by atoms with E-state index in [1.54, 1.807) is 24.3 Å². The van der Waals surface area contributed by atoms with E-state index in [1.165, 1.54) is 6.07 Å². The van der Waals surface area contributed by atoms with Crippen molar-refractivity contribution in [2.75, 3.05) is 18.5 Å². The minimum absolute atomic E-state index is 0.0289. The van der Waals surface area contributed by atoms with E-state index in [9.17, 15) is 23.6 Å². The summed E-state index contributed by atoms with van der Waals surface area (Å²) in [4.78, 5) is 55.6. The van der Waals surface area contributed by atoms with Crippen molar-refractivity contribution in [3.63, 3.8) is 0 Å². The van der Waals surface area contributed by atoms with E-state index in [0.29, 0.717) is 13.0 Å². The van der Waals surface area contributed by atoms with Gasteiger partial charge in [0.15, 0.2) is 0 Å². The highest BCUT2D eigenvalue weighted by Crippen LogP contribution is 2.32. The molecule has 1 atom stereocenters. The molecule has 0 bridgehead atoms. The molecule has 4 amide bonds. The van der Waals surface area contributed by atoms with Crippen LogP contribution in [0.2, 0.25) is 0 Å². The number of fused-ring (bicyclic) bond motifs is 1. The van der Waals surface area contributed by atoms with Crippen molar-refractivity contribution >= 4 is 29.3 Å². The van der Waals surface area contributed by atoms with Crippen LogP contribution in [0.4, 0.5) is 10.1 Å². The molecular weight excluding hydrogens is 391 g/mol. The summed E-state index contributed by atoms with van der Waals surface area (Å²) in [6.07, 6.45) is 4.08. The smallest absolute Gasteiger partial charge is 0.262 e. The first-order valence-corrected chi connectivity index (χ1v) is 9.52. The maximum Gasteiger partial charge on any atom is 0.262 e. The van der Waals surface area contributed by atoms with Crippen LogP contribution in [0.1, 0.15) is 39.1 Å². The minimum atomic E-state index is -1.08. The summed E-state index contributed by atoms with van der Waals surface area (Å²) in [6.45, 7) is 0.485. The first-order chi connectivity index (χ1) is 14.4. The summed E-state index contributed by atoms with van der Waals surface area (Å²) in [5.41, 5.74) is 1.20. The largest absolute Gasteiger partial charge is 0.372 e. The lowest BCUT2D eigenvalue weighted by Gasteiger charge is -2.27. The molecule has 2 aliphatic heterocycles. The van der Waals surface area contributed by atoms with Crippen molar-refractivity contribution in [2.24, 2.45) is 0 Å². The summed E-state index contributed by atoms with van der Waals surface area (Å²) in [5.74, 6) is -3.16. The zero-order chi connectivity index (χ0) is 21.4. The molecule has 2 aromatic rings. The number of pyridine rings is 1. The van der Waals surface area contributed by atoms with Crippen molar-refractivity contribution in [3.05, 3.63) is 59.2 Å². The number of likely N-dealkylation sites (N-methyl/N-ethyl adjacent to an activating group) is 1. The highest BCUT2D eigenvalue weighted by molar-refractivity contribution is 6.23. The van der Waals surface area contributed by atoms with Gasteiger partial charge in [-0.05, 0) is 42.7 Å². The van der Waals surface area contributed by atoms with Crippen LogP contribution in [-0.2, 0) is 16.0 Å². The average molecular weight is 410 g/mol. The molecule has 0 saturated carbocycles. The van der Waals surface area contributed by atoms with Crippen LogP contribution in [0.3, 0.4) is 0 Å². The zero-order valence-electron chi connectivity index (χ0n) is 16.2. The lowest BCUT2D eigenvalue weighted by molar-refractivity contribution is -0.136. The van der Waals surface area contributed by atoms with Crippen LogP contribution in [0.25, 0.3) is 0 Å². The molecule has 1 fully saturated rings. The average Bonchev–Trinajstić information content (AvgIpc) is 2.96. The third-order valence-electron chi connectivity index (χ3n) is 5.40. The van der Waals surface area contributed by atoms with Crippen LogP contribution in [0.15, 0.2) is 36.7 Å². The number of nitrogens with zero attached hydrogens (tertiary/aromatic N) is 3. The number of carbonyl (C=O) groups excluding carboxylic acids is 4. The molecule has 2 aliphatic rings. The minimum Gasteiger partial charge on any atom is -0.372 e. The SMILES string of the molecule is CN(CCc1ccncc1)c1cc2c(cc1F)C(=O)N(C1CCC(=O)NC1=O)C2=O. The van der Waals surface area contributed by atoms with Gasteiger partial charge in [0.1, 0.15) is 11.9 Å². The number of carbonyl (C=O) groups is 4. The van der Waals surface area contributed by atoms with Crippen molar-refractivity contribution in [1.29, 1.82) is 0 Å². The summed E-state index contributed by atoms with van der Waals surface area (Å²) >= 11 is 0. The number of benzene rings is 1. The number of hydrogen-bond acceptors (Lipinski definition) is 6. The Hall–Kier alpha value is -3.62. The molecule has 154 valence electrons. The van der Waals surface area contributed by atoms with Crippen LogP contribution >= 0.6 is 0 Å². The second-order valence-electron chi connectivity index (χ2n) is 7.32. The van der Waals surface area contributed by atoms with Gasteiger partial charge >= 0.3 is 0 Å². The number of rotatable bonds is 5. The van der Waals surface area contributed by atoms with Crippen LogP contribution in [0.5, 0.6) is 0 Å². The molecule has 1 unspecified atom stereocenters. The Morgan fingerprint density at radius 3 is 2.47 bits per heavy atom. The number of anilines is 1. The lowest BCUT2D eigenvalue weighted by atomic mass is 10.0. The summed E-state index contributed by atoms with van der Waals surface area (Å²) in [7, 11) is 1.70. The van der Waals surface area contributed by atoms with Gasteiger partial charge in [-0.3, -0.25) is 34.4 Å². The fourth-order valence-corrected chi connectivity index (χ4v) is 3.74. The molecule has 8 nitrogen and oxygen atoms in total. The molecule has 30 heavy (non-hydrogen) atoms. The third-order valence-corrected chi connectivity index (χ3v) is 5.40. The standard InChI is InChI=1S/C21H19FN4O4/c1-25(9-6-12-4-7-23-8-5-12)17-11-14-13(10-15(17)22)20(29)26(21(14)30)16-2-3-18(27)24-19(16)28/h4-5,7-8,10-11,16H,2-3,6,9H2,1H3,(H,24,27,28). The summed E-state index contributed by atoms with van der Waals surface area (Å²) in [6, 6.07) is 5.05. The van der Waals surface area contributed by atoms with Gasteiger partial charge in [0.05, 0.1) is 16.8 Å². The number of halogens is 1. The lowest BCUT2D eigenvalue weighted by Crippen LogP contribution is -2.54. The maximum atomic E-state index is 14.8. The fraction of sp³-hybridized carbons (Fsp3) is 0.286. The highest BCUT2D eigenvalue weighted by atomic mass is 19.1. The van der Waals surface area contributed by atoms with Crippen molar-refractivity contribution in [1.82, 2.24) is 15.2 Å². The highest BCUT2D eigenvalue weighted by Gasteiger charge is 2.45. The number of nitrogens with one attached hydrogen (secondary N) is 1. The number of imide groups is 2. The maximum absolute atomic E-state index is 14.8. The molecule has 0 spiro atoms. The number of piperidine rings is 1. The molecule has 0 radical (unpaired) electrons. The number of aromatic nitrogens is 1. The van der Waals surface area contributed by atoms with Gasteiger partial charge in [0.2, 0.25) is 11.8 Å². The van der Waals surface area contributed by atoms with Crippen molar-refractivity contribution < 1.29 is 23.6 Å². The predicted octanol–water partition coefficient (Wildman–Crippen LogP) is 1.30. The molecule has 3 heterocycles. The van der Waals surface area contributed by atoms with Crippen LogP contribution < -0.4 is 10.2 Å². The van der Waals surface area contributed by atoms with E-state index in [-0.39, 0.29) is 29.7 Å². The van der Waals surface area contributed by atoms with Gasteiger partial charge < -0.3 is 4.90 Å². The van der Waals surface area contributed by atoms with Gasteiger partial charge in [-0.25, -0.2) is 4.39 Å². The second-order valence-corrected chi connectivity index (χ2v) is 7.32. The van der Waals surface area contributed by atoms with Crippen LogP contribution in [0, 0.1) is 5.82 Å². The Balaban J connectivity index is 1.57. The van der Waals surface area contributed by atoms with Gasteiger partial charge in [0, 0.05) is 32.4 Å². The monoisotopic (exact) mass is 410 g/mol. The second kappa shape index (κ2) is 7.66. The number of hydrogen-bond donors (Lipinski definition) is 1. The molecule has 1 N–H and O–H groups in total. The van der Waals surface area contributed by atoms with Crippen molar-refractivity contribution in [2.45, 2.75) is 25.3 Å². The summed E-state index contributed by atoms with van der Waals surface area (Å²) < 4.78 is 14.8. The molecule has 0 aliphatic carbocycles. The van der Waals surface area contributed by atoms with Gasteiger partial charge in [-0.1, -0.05) is 0 Å². The van der Waals surface area contributed by atoms with E-state index >= 15 is 0 Å². The Labute approximate surface area is 171 Å². The normalized spacial score (nSPS) is 18.5. The van der Waals surface area contributed by atoms with E-state index < -0.39 is 35.5 Å². The quantitative estimate of drug-likeness (QED) is 0.746. The Bertz CT molecular complexity index is 1060. The third kappa shape index (κ3) is 3.42. The van der Waals surface area contributed by atoms with Crippen LogP contribution in [-0.4, -0.2) is 53.1 Å². The number of amides is 4. The fourth-order valence-electron chi connectivity index (χ4n) is 3.74. The topological polar surface area (TPSA) is 99.7 Å². The molecule has 9 heteroatoms. The van der Waals surface area contributed by atoms with E-state index in [0.717, 1.165) is 16.5 Å². The predicted molar refractivity (Wildman–Crippen MR) is 104 cm³/mol. The first-order valence-electron chi connectivity index (χ1n) is 9.52. The van der Waals surface area contributed by atoms with Crippen molar-refractivity contribution in [3.8, 4) is 0 Å². The molecule has 1 aromatic heterocycles. The summed E-state index contributed by atoms with van der Waals surface area (Å²) in [5, 5.41) is 2.14. The Morgan fingerprint density at radius 2 is 1.80 bits per heavy atom. The molecule has 1 aromatic carbocycles. The van der Waals surface area contributed by atoms with Gasteiger partial charge in [-0.2, -0.15) is 0 Å². The molecule has 1 saturated heterocycles. The van der Waals surface area contributed by atoms with E-state index in [1.807, 2.05) is 12.1 Å². The Morgan fingerprint density at radius 1 is 1.13 bits per heavy atom. The molecule has 4 rings (SSSR count). The Kier molecular flexibility index (Phi) is 5.03. The van der Waals surface area contributed by atoms with Gasteiger partial charge in [0.25, 0.3) is 11.8 Å². The van der Waals surface area contributed by atoms with Gasteiger partial charge in [-0.15, -0.1) is 0 Å². The van der Waals surface area contributed by atoms with E-state index in [2.05, 4.69) is 10.3 Å². The molecular formula is C21H19FN4O4.